The summed E-state index contributed by atoms with van der Waals surface area (Å²) >= 11 is 12.6. The van der Waals surface area contributed by atoms with Gasteiger partial charge in [-0.1, -0.05) is 61.3 Å². The highest BCUT2D eigenvalue weighted by atomic mass is 35.5. The van der Waals surface area contributed by atoms with E-state index in [1.807, 2.05) is 13.8 Å². The van der Waals surface area contributed by atoms with Crippen LogP contribution in [-0.4, -0.2) is 11.7 Å². The van der Waals surface area contributed by atoms with E-state index in [-0.39, 0.29) is 29.2 Å². The van der Waals surface area contributed by atoms with Crippen molar-refractivity contribution in [1.29, 1.82) is 0 Å². The number of ketones is 1. The predicted molar refractivity (Wildman–Crippen MR) is 113 cm³/mol. The number of nitrogens with zero attached hydrogens (tertiary/aromatic N) is 1. The third kappa shape index (κ3) is 3.49. The molecule has 6 heteroatoms. The number of anilines is 1. The molecule has 3 nitrogen and oxygen atoms in total. The van der Waals surface area contributed by atoms with Crippen LogP contribution < -0.4 is 4.90 Å². The third-order valence-electron chi connectivity index (χ3n) is 5.59. The van der Waals surface area contributed by atoms with E-state index in [9.17, 15) is 14.0 Å². The van der Waals surface area contributed by atoms with Crippen molar-refractivity contribution in [2.75, 3.05) is 4.90 Å². The Bertz CT molecular complexity index is 1060. The van der Waals surface area contributed by atoms with Crippen molar-refractivity contribution in [1.82, 2.24) is 0 Å². The van der Waals surface area contributed by atoms with Crippen molar-refractivity contribution < 1.29 is 14.0 Å². The van der Waals surface area contributed by atoms with Gasteiger partial charge in [-0.3, -0.25) is 14.5 Å². The lowest BCUT2D eigenvalue weighted by Gasteiger charge is -2.43. The molecule has 29 heavy (non-hydrogen) atoms. The van der Waals surface area contributed by atoms with Gasteiger partial charge >= 0.3 is 0 Å². The molecule has 0 radical (unpaired) electrons. The summed E-state index contributed by atoms with van der Waals surface area (Å²) in [7, 11) is 0. The summed E-state index contributed by atoms with van der Waals surface area (Å²) in [5.74, 6) is -1.29. The van der Waals surface area contributed by atoms with Gasteiger partial charge in [0, 0.05) is 30.0 Å². The van der Waals surface area contributed by atoms with Crippen LogP contribution in [0.5, 0.6) is 0 Å². The number of hydrogen-bond donors (Lipinski definition) is 0. The fourth-order valence-corrected chi connectivity index (χ4v) is 4.82. The smallest absolute Gasteiger partial charge is 0.232 e. The molecule has 1 aliphatic heterocycles. The number of amides is 1. The van der Waals surface area contributed by atoms with E-state index in [0.717, 1.165) is 0 Å². The fourth-order valence-electron chi connectivity index (χ4n) is 4.38. The van der Waals surface area contributed by atoms with Crippen LogP contribution in [0.25, 0.3) is 0 Å². The number of Topliss-reactive ketones (excluding diaryl/α,β-unsaturated/α-hetero) is 1. The van der Waals surface area contributed by atoms with E-state index in [4.69, 9.17) is 23.2 Å². The molecular weight excluding hydrogens is 412 g/mol. The molecule has 0 N–H and O–H groups in total. The summed E-state index contributed by atoms with van der Waals surface area (Å²) < 4.78 is 14.6. The molecule has 0 fully saturated rings. The standard InChI is InChI=1S/C23H20Cl2FNO2/c1-23(2)11-18-21(19(28)12-23)14(13-6-5-7-15(24)22(13)25)10-20(29)27(18)17-9-4-3-8-16(17)26/h3-9,14H,10-12H2,1-2H3. The highest BCUT2D eigenvalue weighted by Crippen LogP contribution is 2.49. The molecule has 0 saturated carbocycles. The van der Waals surface area contributed by atoms with E-state index >= 15 is 0 Å². The summed E-state index contributed by atoms with van der Waals surface area (Å²) in [6, 6.07) is 11.4. The van der Waals surface area contributed by atoms with Crippen LogP contribution in [0.1, 0.15) is 44.6 Å². The van der Waals surface area contributed by atoms with Crippen molar-refractivity contribution in [3.05, 3.63) is 75.2 Å². The lowest BCUT2D eigenvalue weighted by Crippen LogP contribution is -2.44. The molecule has 0 aromatic heterocycles. The minimum atomic E-state index is -0.497. The van der Waals surface area contributed by atoms with Gasteiger partial charge in [0.15, 0.2) is 5.78 Å². The molecule has 150 valence electrons. The second-order valence-electron chi connectivity index (χ2n) is 8.38. The normalized spacial score (nSPS) is 21.4. The van der Waals surface area contributed by atoms with Crippen LogP contribution in [0.15, 0.2) is 53.7 Å². The second kappa shape index (κ2) is 7.26. The average molecular weight is 432 g/mol. The lowest BCUT2D eigenvalue weighted by atomic mass is 9.69. The van der Waals surface area contributed by atoms with E-state index in [1.165, 1.54) is 11.0 Å². The van der Waals surface area contributed by atoms with Crippen molar-refractivity contribution in [2.24, 2.45) is 5.41 Å². The van der Waals surface area contributed by atoms with Crippen molar-refractivity contribution >= 4 is 40.6 Å². The fraction of sp³-hybridized carbons (Fsp3) is 0.304. The first-order chi connectivity index (χ1) is 13.7. The van der Waals surface area contributed by atoms with Crippen LogP contribution in [0.4, 0.5) is 10.1 Å². The SMILES string of the molecule is CC1(C)CC(=O)C2=C(C1)N(c1ccccc1F)C(=O)CC2c1cccc(Cl)c1Cl. The van der Waals surface area contributed by atoms with Crippen LogP contribution in [0, 0.1) is 11.2 Å². The van der Waals surface area contributed by atoms with E-state index in [1.54, 1.807) is 36.4 Å². The highest BCUT2D eigenvalue weighted by molar-refractivity contribution is 6.42. The quantitative estimate of drug-likeness (QED) is 0.559. The Kier molecular flexibility index (Phi) is 5.04. The predicted octanol–water partition coefficient (Wildman–Crippen LogP) is 6.30. The molecule has 1 aliphatic carbocycles. The van der Waals surface area contributed by atoms with Crippen LogP contribution >= 0.6 is 23.2 Å². The molecule has 2 aromatic rings. The number of hydrogen-bond acceptors (Lipinski definition) is 2. The largest absolute Gasteiger partial charge is 0.294 e. The van der Waals surface area contributed by atoms with E-state index in [2.05, 4.69) is 0 Å². The summed E-state index contributed by atoms with van der Waals surface area (Å²) in [5.41, 5.74) is 1.59. The van der Waals surface area contributed by atoms with Crippen LogP contribution in [0.2, 0.25) is 10.0 Å². The number of allylic oxidation sites excluding steroid dienone is 2. The second-order valence-corrected chi connectivity index (χ2v) is 9.17. The Morgan fingerprint density at radius 2 is 1.76 bits per heavy atom. The number of carbonyl (C=O) groups is 2. The van der Waals surface area contributed by atoms with Crippen molar-refractivity contribution in [3.63, 3.8) is 0 Å². The maximum Gasteiger partial charge on any atom is 0.232 e. The van der Waals surface area contributed by atoms with Gasteiger partial charge in [-0.2, -0.15) is 0 Å². The highest BCUT2D eigenvalue weighted by Gasteiger charge is 2.45. The minimum absolute atomic E-state index is 0.0272. The van der Waals surface area contributed by atoms with Crippen molar-refractivity contribution in [3.8, 4) is 0 Å². The molecule has 2 aromatic carbocycles. The van der Waals surface area contributed by atoms with Gasteiger partial charge in [0.25, 0.3) is 0 Å². The molecule has 0 saturated heterocycles. The zero-order valence-electron chi connectivity index (χ0n) is 16.1. The molecule has 0 bridgehead atoms. The Labute approximate surface area is 179 Å². The van der Waals surface area contributed by atoms with E-state index < -0.39 is 11.7 Å². The minimum Gasteiger partial charge on any atom is -0.294 e. The summed E-state index contributed by atoms with van der Waals surface area (Å²) in [6.07, 6.45) is 0.877. The van der Waals surface area contributed by atoms with Gasteiger partial charge in [-0.15, -0.1) is 0 Å². The molecule has 1 amide bonds. The Morgan fingerprint density at radius 1 is 1.03 bits per heavy atom. The summed E-state index contributed by atoms with van der Waals surface area (Å²) in [5, 5.41) is 0.717. The van der Waals surface area contributed by atoms with Gasteiger partial charge in [-0.05, 0) is 35.6 Å². The molecule has 4 rings (SSSR count). The molecule has 2 aliphatic rings. The topological polar surface area (TPSA) is 37.4 Å². The number of carbonyl (C=O) groups excluding carboxylic acids is 2. The average Bonchev–Trinajstić information content (AvgIpc) is 2.63. The number of halogens is 3. The summed E-state index contributed by atoms with van der Waals surface area (Å²) in [6.45, 7) is 3.96. The monoisotopic (exact) mass is 431 g/mol. The van der Waals surface area contributed by atoms with Crippen molar-refractivity contribution in [2.45, 2.75) is 39.0 Å². The third-order valence-corrected chi connectivity index (χ3v) is 6.43. The van der Waals surface area contributed by atoms with Crippen LogP contribution in [0.3, 0.4) is 0 Å². The Hall–Kier alpha value is -2.17. The zero-order chi connectivity index (χ0) is 20.9. The molecular formula is C23H20Cl2FNO2. The lowest BCUT2D eigenvalue weighted by molar-refractivity contribution is -0.121. The van der Waals surface area contributed by atoms with Crippen LogP contribution in [-0.2, 0) is 9.59 Å². The number of benzene rings is 2. The molecule has 1 atom stereocenters. The van der Waals surface area contributed by atoms with Gasteiger partial charge in [0.05, 0.1) is 15.7 Å². The first-order valence-corrected chi connectivity index (χ1v) is 10.2. The first kappa shape index (κ1) is 20.1. The summed E-state index contributed by atoms with van der Waals surface area (Å²) in [4.78, 5) is 27.9. The van der Waals surface area contributed by atoms with Gasteiger partial charge in [-0.25, -0.2) is 4.39 Å². The maximum absolute atomic E-state index is 14.6. The molecule has 1 unspecified atom stereocenters. The van der Waals surface area contributed by atoms with Gasteiger partial charge in [0.2, 0.25) is 5.91 Å². The number of rotatable bonds is 2. The maximum atomic E-state index is 14.6. The van der Waals surface area contributed by atoms with E-state index in [0.29, 0.717) is 39.7 Å². The zero-order valence-corrected chi connectivity index (χ0v) is 17.6. The Balaban J connectivity index is 1.95. The Morgan fingerprint density at radius 3 is 2.48 bits per heavy atom. The van der Waals surface area contributed by atoms with Gasteiger partial charge in [0.1, 0.15) is 5.82 Å². The molecule has 1 heterocycles. The first-order valence-electron chi connectivity index (χ1n) is 9.47. The molecule has 0 spiro atoms. The van der Waals surface area contributed by atoms with Gasteiger partial charge < -0.3 is 0 Å². The number of para-hydroxylation sites is 1.